The summed E-state index contributed by atoms with van der Waals surface area (Å²) in [5, 5.41) is 9.54. The molecule has 0 spiro atoms. The highest BCUT2D eigenvalue weighted by molar-refractivity contribution is 8.00. The summed E-state index contributed by atoms with van der Waals surface area (Å²) in [6.07, 6.45) is 1.49. The minimum atomic E-state index is -0.511. The number of rotatable bonds is 3. The highest BCUT2D eigenvalue weighted by atomic mass is 35.5. The number of nitrogens with zero attached hydrogens (tertiary/aromatic N) is 2. The molecule has 0 saturated heterocycles. The van der Waals surface area contributed by atoms with E-state index >= 15 is 0 Å². The van der Waals surface area contributed by atoms with Crippen LogP contribution in [0.4, 0.5) is 0 Å². The number of thioether (sulfide) groups is 1. The van der Waals surface area contributed by atoms with Crippen LogP contribution in [0.3, 0.4) is 0 Å². The summed E-state index contributed by atoms with van der Waals surface area (Å²) in [4.78, 5) is 15.5. The Morgan fingerprint density at radius 3 is 2.83 bits per heavy atom. The third-order valence-corrected chi connectivity index (χ3v) is 3.18. The predicted molar refractivity (Wildman–Crippen MR) is 70.5 cm³/mol. The number of esters is 1. The Kier molecular flexibility index (Phi) is 5.00. The molecule has 0 radical (unpaired) electrons. The lowest BCUT2D eigenvalue weighted by atomic mass is 10.2. The molecule has 0 N–H and O–H groups in total. The maximum Gasteiger partial charge on any atom is 0.316 e. The smallest absolute Gasteiger partial charge is 0.316 e. The number of hydrogen-bond donors (Lipinski definition) is 0. The van der Waals surface area contributed by atoms with Crippen molar-refractivity contribution in [3.8, 4) is 6.07 Å². The molecule has 1 rings (SSSR count). The molecule has 0 aliphatic rings. The zero-order chi connectivity index (χ0) is 13.8. The van der Waals surface area contributed by atoms with Gasteiger partial charge in [0.2, 0.25) is 0 Å². The van der Waals surface area contributed by atoms with E-state index in [1.807, 2.05) is 6.07 Å². The van der Waals surface area contributed by atoms with Crippen LogP contribution in [-0.4, -0.2) is 22.3 Å². The van der Waals surface area contributed by atoms with Crippen LogP contribution < -0.4 is 0 Å². The second kappa shape index (κ2) is 6.07. The van der Waals surface area contributed by atoms with E-state index in [9.17, 15) is 4.79 Å². The molecule has 0 amide bonds. The fourth-order valence-corrected chi connectivity index (χ4v) is 2.11. The number of carbonyl (C=O) groups excluding carboxylic acids is 1. The summed E-state index contributed by atoms with van der Waals surface area (Å²) in [5.74, 6) is -0.230. The number of nitriles is 1. The molecule has 0 bridgehead atoms. The highest BCUT2D eigenvalue weighted by Crippen LogP contribution is 2.27. The Bertz CT molecular complexity index is 492. The molecule has 96 valence electrons. The minimum absolute atomic E-state index is 0.110. The van der Waals surface area contributed by atoms with E-state index in [0.717, 1.165) is 11.8 Å². The Labute approximate surface area is 115 Å². The van der Waals surface area contributed by atoms with E-state index in [-0.39, 0.29) is 16.7 Å². The number of pyridine rings is 1. The summed E-state index contributed by atoms with van der Waals surface area (Å²) in [6.45, 7) is 5.41. The second-order valence-electron chi connectivity index (χ2n) is 4.46. The van der Waals surface area contributed by atoms with Crippen LogP contribution in [0.2, 0.25) is 5.02 Å². The molecule has 4 nitrogen and oxygen atoms in total. The van der Waals surface area contributed by atoms with Crippen molar-refractivity contribution in [1.29, 1.82) is 5.26 Å². The van der Waals surface area contributed by atoms with Gasteiger partial charge in [-0.15, -0.1) is 0 Å². The maximum absolute atomic E-state index is 11.5. The second-order valence-corrected chi connectivity index (χ2v) is 5.81. The van der Waals surface area contributed by atoms with E-state index in [2.05, 4.69) is 4.98 Å². The van der Waals surface area contributed by atoms with Gasteiger partial charge in [0.1, 0.15) is 16.7 Å². The SMILES string of the molecule is CC(C)(C)OC(=O)CSc1nccc(C#N)c1Cl. The van der Waals surface area contributed by atoms with Gasteiger partial charge in [-0.2, -0.15) is 5.26 Å². The van der Waals surface area contributed by atoms with Crippen LogP contribution in [-0.2, 0) is 9.53 Å². The largest absolute Gasteiger partial charge is 0.459 e. The highest BCUT2D eigenvalue weighted by Gasteiger charge is 2.17. The fourth-order valence-electron chi connectivity index (χ4n) is 1.11. The Morgan fingerprint density at radius 1 is 1.61 bits per heavy atom. The van der Waals surface area contributed by atoms with Crippen LogP contribution in [0.5, 0.6) is 0 Å². The third-order valence-electron chi connectivity index (χ3n) is 1.72. The minimum Gasteiger partial charge on any atom is -0.459 e. The lowest BCUT2D eigenvalue weighted by Gasteiger charge is -2.19. The van der Waals surface area contributed by atoms with Crippen LogP contribution in [0, 0.1) is 11.3 Å². The molecular formula is C12H13ClN2O2S. The van der Waals surface area contributed by atoms with Gasteiger partial charge < -0.3 is 4.74 Å². The van der Waals surface area contributed by atoms with Crippen molar-refractivity contribution in [3.05, 3.63) is 22.8 Å². The molecule has 0 saturated carbocycles. The van der Waals surface area contributed by atoms with Gasteiger partial charge in [-0.1, -0.05) is 23.4 Å². The van der Waals surface area contributed by atoms with Crippen LogP contribution >= 0.6 is 23.4 Å². The van der Waals surface area contributed by atoms with Gasteiger partial charge in [0.05, 0.1) is 16.3 Å². The number of aromatic nitrogens is 1. The summed E-state index contributed by atoms with van der Waals surface area (Å²) in [5.41, 5.74) is -0.165. The van der Waals surface area contributed by atoms with Gasteiger partial charge >= 0.3 is 5.97 Å². The first-order valence-electron chi connectivity index (χ1n) is 5.23. The van der Waals surface area contributed by atoms with Gasteiger partial charge in [-0.3, -0.25) is 4.79 Å². The molecular weight excluding hydrogens is 272 g/mol. The first kappa shape index (κ1) is 14.8. The number of halogens is 1. The van der Waals surface area contributed by atoms with Gasteiger partial charge in [0.15, 0.2) is 0 Å². The van der Waals surface area contributed by atoms with Gasteiger partial charge in [-0.05, 0) is 26.8 Å². The van der Waals surface area contributed by atoms with E-state index < -0.39 is 5.60 Å². The Hall–Kier alpha value is -1.25. The van der Waals surface area contributed by atoms with Crippen molar-refractivity contribution in [2.45, 2.75) is 31.4 Å². The number of hydrogen-bond acceptors (Lipinski definition) is 5. The Morgan fingerprint density at radius 2 is 2.28 bits per heavy atom. The fraction of sp³-hybridized carbons (Fsp3) is 0.417. The van der Waals surface area contributed by atoms with Crippen molar-refractivity contribution in [2.24, 2.45) is 0 Å². The summed E-state index contributed by atoms with van der Waals surface area (Å²) in [6, 6.07) is 3.49. The molecule has 18 heavy (non-hydrogen) atoms. The van der Waals surface area contributed by atoms with Crippen molar-refractivity contribution in [3.63, 3.8) is 0 Å². The van der Waals surface area contributed by atoms with E-state index in [4.69, 9.17) is 21.6 Å². The van der Waals surface area contributed by atoms with E-state index in [1.54, 1.807) is 20.8 Å². The van der Waals surface area contributed by atoms with Crippen LogP contribution in [0.1, 0.15) is 26.3 Å². The van der Waals surface area contributed by atoms with E-state index in [0.29, 0.717) is 10.6 Å². The summed E-state index contributed by atoms with van der Waals surface area (Å²) < 4.78 is 5.16. The average molecular weight is 285 g/mol. The lowest BCUT2D eigenvalue weighted by molar-refractivity contribution is -0.151. The normalized spacial score (nSPS) is 10.8. The van der Waals surface area contributed by atoms with Crippen LogP contribution in [0.25, 0.3) is 0 Å². The molecule has 0 aliphatic heterocycles. The summed E-state index contributed by atoms with van der Waals surface area (Å²) in [7, 11) is 0. The van der Waals surface area contributed by atoms with Crippen molar-refractivity contribution >= 4 is 29.3 Å². The zero-order valence-electron chi connectivity index (χ0n) is 10.4. The Balaban J connectivity index is 2.65. The molecule has 0 aliphatic carbocycles. The zero-order valence-corrected chi connectivity index (χ0v) is 11.9. The lowest BCUT2D eigenvalue weighted by Crippen LogP contribution is -2.24. The molecule has 0 aromatic carbocycles. The van der Waals surface area contributed by atoms with Crippen molar-refractivity contribution in [2.75, 3.05) is 5.75 Å². The first-order chi connectivity index (χ1) is 8.33. The van der Waals surface area contributed by atoms with Crippen LogP contribution in [0.15, 0.2) is 17.3 Å². The third kappa shape index (κ3) is 4.55. The molecule has 1 aromatic rings. The number of ether oxygens (including phenoxy) is 1. The van der Waals surface area contributed by atoms with Gasteiger partial charge in [-0.25, -0.2) is 4.98 Å². The summed E-state index contributed by atoms with van der Waals surface area (Å²) >= 11 is 7.12. The molecule has 0 atom stereocenters. The van der Waals surface area contributed by atoms with Gasteiger partial charge in [0, 0.05) is 6.20 Å². The monoisotopic (exact) mass is 284 g/mol. The van der Waals surface area contributed by atoms with Gasteiger partial charge in [0.25, 0.3) is 0 Å². The topological polar surface area (TPSA) is 63.0 Å². The predicted octanol–water partition coefficient (Wildman–Crippen LogP) is 3.04. The van der Waals surface area contributed by atoms with Crippen molar-refractivity contribution < 1.29 is 9.53 Å². The molecule has 0 fully saturated rings. The van der Waals surface area contributed by atoms with Crippen molar-refractivity contribution in [1.82, 2.24) is 4.98 Å². The first-order valence-corrected chi connectivity index (χ1v) is 6.59. The maximum atomic E-state index is 11.5. The molecule has 1 aromatic heterocycles. The molecule has 0 unspecified atom stereocenters. The van der Waals surface area contributed by atoms with E-state index in [1.165, 1.54) is 12.3 Å². The average Bonchev–Trinajstić information content (AvgIpc) is 2.25. The quantitative estimate of drug-likeness (QED) is 0.630. The number of carbonyl (C=O) groups is 1. The standard InChI is InChI=1S/C12H13ClN2O2S/c1-12(2,3)17-9(16)7-18-11-10(13)8(6-14)4-5-15-11/h4-5H,7H2,1-3H3. The molecule has 6 heteroatoms. The molecule has 1 heterocycles.